The largest absolute Gasteiger partial charge is 0.500 e. The van der Waals surface area contributed by atoms with Crippen LogP contribution in [0.4, 0.5) is 5.69 Å². The predicted octanol–water partition coefficient (Wildman–Crippen LogP) is 2.77. The summed E-state index contributed by atoms with van der Waals surface area (Å²) in [5.41, 5.74) is 1.57. The van der Waals surface area contributed by atoms with Crippen LogP contribution in [0.2, 0.25) is 0 Å². The van der Waals surface area contributed by atoms with Crippen LogP contribution in [0.25, 0.3) is 5.76 Å². The highest BCUT2D eigenvalue weighted by molar-refractivity contribution is 9.10. The summed E-state index contributed by atoms with van der Waals surface area (Å²) in [4.78, 5) is 0. The van der Waals surface area contributed by atoms with Crippen LogP contribution < -0.4 is 4.48 Å². The van der Waals surface area contributed by atoms with Gasteiger partial charge >= 0.3 is 5.88 Å². The molecule has 0 unspecified atom stereocenters. The van der Waals surface area contributed by atoms with E-state index in [-0.39, 0.29) is 16.1 Å². The maximum atomic E-state index is 9.72. The van der Waals surface area contributed by atoms with Crippen LogP contribution in [0.1, 0.15) is 5.56 Å². The summed E-state index contributed by atoms with van der Waals surface area (Å²) in [5.74, 6) is -0.0457. The zero-order valence-electron chi connectivity index (χ0n) is 7.95. The molecule has 0 atom stereocenters. The highest BCUT2D eigenvalue weighted by atomic mass is 79.9. The number of aliphatic hydroxyl groups is 2. The second kappa shape index (κ2) is 2.74. The van der Waals surface area contributed by atoms with Gasteiger partial charge in [0, 0.05) is 10.5 Å². The number of benzene rings is 1. The van der Waals surface area contributed by atoms with Gasteiger partial charge < -0.3 is 10.2 Å². The second-order valence-electron chi connectivity index (χ2n) is 3.79. The molecule has 1 aliphatic heterocycles. The van der Waals surface area contributed by atoms with E-state index < -0.39 is 0 Å². The normalized spacial score (nSPS) is 18.5. The average molecular weight is 257 g/mol. The minimum absolute atomic E-state index is 0.0156. The third-order valence-electron chi connectivity index (χ3n) is 2.56. The lowest BCUT2D eigenvalue weighted by Gasteiger charge is -2.22. The predicted molar refractivity (Wildman–Crippen MR) is 60.0 cm³/mol. The standard InChI is InChI=1S/C10H10BrNO2/c1-12(2)8-5-6(11)3-4-7(8)9(13)10(12)14/h3-5H,1-2H3,(H-,13,14)/p+1. The molecule has 0 saturated carbocycles. The van der Waals surface area contributed by atoms with Crippen LogP contribution in [0.15, 0.2) is 28.6 Å². The minimum Gasteiger partial charge on any atom is -0.500 e. The Morgan fingerprint density at radius 2 is 1.86 bits per heavy atom. The third kappa shape index (κ3) is 1.07. The Labute approximate surface area is 90.6 Å². The highest BCUT2D eigenvalue weighted by Crippen LogP contribution is 2.41. The number of hydrogen-bond acceptors (Lipinski definition) is 2. The number of aliphatic hydroxyl groups excluding tert-OH is 2. The monoisotopic (exact) mass is 256 g/mol. The molecule has 0 aliphatic carbocycles. The molecule has 4 heteroatoms. The van der Waals surface area contributed by atoms with Gasteiger partial charge in [0.2, 0.25) is 5.76 Å². The zero-order valence-corrected chi connectivity index (χ0v) is 9.54. The maximum absolute atomic E-state index is 9.72. The molecular formula is C10H11BrNO2+. The molecule has 0 saturated heterocycles. The molecule has 74 valence electrons. The molecule has 2 N–H and O–H groups in total. The van der Waals surface area contributed by atoms with Crippen LogP contribution in [0.5, 0.6) is 0 Å². The Bertz CT molecular complexity index is 438. The SMILES string of the molecule is C[N+]1(C)C(O)=C(O)c2ccc(Br)cc21. The number of rotatable bonds is 0. The zero-order chi connectivity index (χ0) is 10.5. The number of hydrogen-bond donors (Lipinski definition) is 2. The van der Waals surface area contributed by atoms with Gasteiger partial charge in [-0.15, -0.1) is 0 Å². The van der Waals surface area contributed by atoms with E-state index in [0.29, 0.717) is 5.56 Å². The maximum Gasteiger partial charge on any atom is 0.338 e. The molecule has 0 amide bonds. The van der Waals surface area contributed by atoms with Crippen molar-refractivity contribution in [1.29, 1.82) is 0 Å². The van der Waals surface area contributed by atoms with Gasteiger partial charge in [-0.2, -0.15) is 0 Å². The molecule has 1 aromatic carbocycles. The summed E-state index contributed by atoms with van der Waals surface area (Å²) in [5, 5.41) is 19.4. The Hall–Kier alpha value is -1.000. The second-order valence-corrected chi connectivity index (χ2v) is 4.70. The van der Waals surface area contributed by atoms with Crippen molar-refractivity contribution in [2.45, 2.75) is 0 Å². The molecule has 1 heterocycles. The van der Waals surface area contributed by atoms with E-state index in [1.807, 2.05) is 26.2 Å². The van der Waals surface area contributed by atoms with Crippen molar-refractivity contribution in [3.8, 4) is 0 Å². The summed E-state index contributed by atoms with van der Waals surface area (Å²) in [6, 6.07) is 5.53. The molecule has 3 nitrogen and oxygen atoms in total. The van der Waals surface area contributed by atoms with E-state index in [1.54, 1.807) is 6.07 Å². The van der Waals surface area contributed by atoms with Crippen molar-refractivity contribution in [2.24, 2.45) is 0 Å². The van der Waals surface area contributed by atoms with Crippen LogP contribution in [0, 0.1) is 0 Å². The van der Waals surface area contributed by atoms with Gasteiger partial charge in [0.25, 0.3) is 0 Å². The van der Waals surface area contributed by atoms with E-state index in [0.717, 1.165) is 10.2 Å². The van der Waals surface area contributed by atoms with Crippen molar-refractivity contribution >= 4 is 27.4 Å². The van der Waals surface area contributed by atoms with Gasteiger partial charge in [0.05, 0.1) is 19.7 Å². The summed E-state index contributed by atoms with van der Waals surface area (Å²) in [6.45, 7) is 0. The fourth-order valence-corrected chi connectivity index (χ4v) is 2.02. The first-order chi connectivity index (χ1) is 6.44. The number of nitrogens with zero attached hydrogens (tertiary/aromatic N) is 1. The van der Waals surface area contributed by atoms with Gasteiger partial charge in [-0.05, 0) is 12.1 Å². The van der Waals surface area contributed by atoms with Gasteiger partial charge in [-0.1, -0.05) is 15.9 Å². The Kier molecular flexibility index (Phi) is 1.87. The van der Waals surface area contributed by atoms with Gasteiger partial charge in [-0.3, -0.25) is 0 Å². The molecular weight excluding hydrogens is 246 g/mol. The van der Waals surface area contributed by atoms with Crippen molar-refractivity contribution in [1.82, 2.24) is 4.48 Å². The molecule has 14 heavy (non-hydrogen) atoms. The summed E-state index contributed by atoms with van der Waals surface area (Å²) < 4.78 is 1.12. The third-order valence-corrected chi connectivity index (χ3v) is 3.05. The molecule has 0 fully saturated rings. The lowest BCUT2D eigenvalue weighted by molar-refractivity contribution is 0.260. The lowest BCUT2D eigenvalue weighted by atomic mass is 10.2. The molecule has 0 radical (unpaired) electrons. The highest BCUT2D eigenvalue weighted by Gasteiger charge is 2.40. The van der Waals surface area contributed by atoms with Crippen molar-refractivity contribution < 1.29 is 10.2 Å². The van der Waals surface area contributed by atoms with Gasteiger partial charge in [-0.25, -0.2) is 4.48 Å². The molecule has 0 spiro atoms. The first kappa shape index (κ1) is 9.55. The van der Waals surface area contributed by atoms with Crippen molar-refractivity contribution in [3.63, 3.8) is 0 Å². The lowest BCUT2D eigenvalue weighted by Crippen LogP contribution is -2.37. The van der Waals surface area contributed by atoms with Crippen molar-refractivity contribution in [2.75, 3.05) is 14.1 Å². The van der Waals surface area contributed by atoms with Crippen LogP contribution in [-0.4, -0.2) is 24.3 Å². The van der Waals surface area contributed by atoms with E-state index in [4.69, 9.17) is 0 Å². The molecule has 1 aliphatic rings. The minimum atomic E-state index is -0.0301. The van der Waals surface area contributed by atoms with Crippen LogP contribution in [-0.2, 0) is 0 Å². The average Bonchev–Trinajstić information content (AvgIpc) is 2.29. The Balaban J connectivity index is 2.73. The van der Waals surface area contributed by atoms with E-state index in [9.17, 15) is 10.2 Å². The Morgan fingerprint density at radius 3 is 2.50 bits per heavy atom. The smallest absolute Gasteiger partial charge is 0.338 e. The number of halogens is 1. The van der Waals surface area contributed by atoms with E-state index in [1.165, 1.54) is 0 Å². The topological polar surface area (TPSA) is 40.5 Å². The summed E-state index contributed by atoms with van der Waals surface area (Å²) in [6.07, 6.45) is 0. The van der Waals surface area contributed by atoms with E-state index in [2.05, 4.69) is 15.9 Å². The molecule has 0 aromatic heterocycles. The molecule has 0 bridgehead atoms. The quantitative estimate of drug-likeness (QED) is 0.701. The van der Waals surface area contributed by atoms with Crippen LogP contribution in [0.3, 0.4) is 0 Å². The molecule has 2 rings (SSSR count). The summed E-state index contributed by atoms with van der Waals surface area (Å²) in [7, 11) is 3.65. The Morgan fingerprint density at radius 1 is 1.21 bits per heavy atom. The summed E-state index contributed by atoms with van der Waals surface area (Å²) >= 11 is 3.36. The van der Waals surface area contributed by atoms with Gasteiger partial charge in [0.1, 0.15) is 0 Å². The van der Waals surface area contributed by atoms with Gasteiger partial charge in [0.15, 0.2) is 5.69 Å². The van der Waals surface area contributed by atoms with E-state index >= 15 is 0 Å². The fraction of sp³-hybridized carbons (Fsp3) is 0.200. The van der Waals surface area contributed by atoms with Crippen molar-refractivity contribution in [3.05, 3.63) is 34.1 Å². The van der Waals surface area contributed by atoms with Crippen LogP contribution >= 0.6 is 15.9 Å². The number of quaternary nitrogens is 1. The molecule has 1 aromatic rings. The first-order valence-electron chi connectivity index (χ1n) is 4.22. The fourth-order valence-electron chi connectivity index (χ4n) is 1.67. The number of fused-ring (bicyclic) bond motifs is 1. The first-order valence-corrected chi connectivity index (χ1v) is 5.01.